The van der Waals surface area contributed by atoms with Crippen LogP contribution in [0.25, 0.3) is 66.0 Å². The number of pyridine rings is 1. The molecular formula is C38H35N5NiO4. The van der Waals surface area contributed by atoms with Crippen molar-refractivity contribution in [1.82, 2.24) is 24.9 Å². The van der Waals surface area contributed by atoms with Gasteiger partial charge in [-0.05, 0) is 90.6 Å². The van der Waals surface area contributed by atoms with E-state index in [0.29, 0.717) is 23.1 Å². The summed E-state index contributed by atoms with van der Waals surface area (Å²) >= 11 is 0. The third-order valence-electron chi connectivity index (χ3n) is 9.57. The first-order chi connectivity index (χ1) is 22.7. The minimum atomic E-state index is -0.527. The SMILES string of the molecule is CCC1=C(C)c2cc3[n-]c(cc4nc(cc5[n-]c6c(ccc7nc(C(=O)OC)cc5c76)c1n2)C(CCC(=O)OC)=C4C)c(C)c3CC.[Ni+2]. The predicted molar refractivity (Wildman–Crippen MR) is 185 cm³/mol. The van der Waals surface area contributed by atoms with Gasteiger partial charge in [-0.25, -0.2) is 19.7 Å². The van der Waals surface area contributed by atoms with Crippen LogP contribution in [-0.2, 0) is 37.2 Å². The van der Waals surface area contributed by atoms with E-state index in [1.807, 2.05) is 31.2 Å². The number of aromatic nitrogens is 5. The molecule has 10 heteroatoms. The molecule has 0 N–H and O–H groups in total. The van der Waals surface area contributed by atoms with Gasteiger partial charge in [0.15, 0.2) is 0 Å². The van der Waals surface area contributed by atoms with Crippen LogP contribution in [0.5, 0.6) is 0 Å². The molecule has 6 heterocycles. The van der Waals surface area contributed by atoms with Crippen molar-refractivity contribution in [3.8, 4) is 0 Å². The van der Waals surface area contributed by atoms with Crippen LogP contribution in [-0.4, -0.2) is 41.1 Å². The number of esters is 2. The summed E-state index contributed by atoms with van der Waals surface area (Å²) in [7, 11) is 2.74. The third kappa shape index (κ3) is 5.19. The molecular weight excluding hydrogens is 649 g/mol. The zero-order valence-electron chi connectivity index (χ0n) is 28.0. The van der Waals surface area contributed by atoms with Gasteiger partial charge in [0.25, 0.3) is 0 Å². The molecule has 0 saturated heterocycles. The molecule has 0 atom stereocenters. The first kappa shape index (κ1) is 33.1. The Hall–Kier alpha value is -4.82. The Morgan fingerprint density at radius 3 is 2.17 bits per heavy atom. The van der Waals surface area contributed by atoms with Crippen molar-refractivity contribution in [2.75, 3.05) is 14.2 Å². The van der Waals surface area contributed by atoms with Crippen molar-refractivity contribution < 1.29 is 35.6 Å². The topological polar surface area (TPSA) is 119 Å². The predicted octanol–water partition coefficient (Wildman–Crippen LogP) is 7.59. The van der Waals surface area contributed by atoms with E-state index in [1.165, 1.54) is 19.8 Å². The number of aryl methyl sites for hydroxylation is 2. The Balaban J connectivity index is 0.00000401. The van der Waals surface area contributed by atoms with Gasteiger partial charge >= 0.3 is 28.4 Å². The van der Waals surface area contributed by atoms with E-state index in [-0.39, 0.29) is 34.6 Å². The van der Waals surface area contributed by atoms with Crippen LogP contribution in [0.2, 0.25) is 0 Å². The number of allylic oxidation sites excluding steroid dienone is 4. The maximum absolute atomic E-state index is 12.7. The Labute approximate surface area is 288 Å². The van der Waals surface area contributed by atoms with Crippen LogP contribution in [0, 0.1) is 6.92 Å². The van der Waals surface area contributed by atoms with Gasteiger partial charge in [-0.15, -0.1) is 22.1 Å². The molecule has 0 unspecified atom stereocenters. The normalized spacial score (nSPS) is 13.1. The van der Waals surface area contributed by atoms with E-state index in [0.717, 1.165) is 90.5 Å². The molecule has 0 saturated carbocycles. The average molecular weight is 684 g/mol. The van der Waals surface area contributed by atoms with Gasteiger partial charge in [-0.2, -0.15) is 0 Å². The molecule has 2 aliphatic rings. The van der Waals surface area contributed by atoms with Gasteiger partial charge in [-0.1, -0.05) is 49.2 Å². The van der Waals surface area contributed by atoms with Crippen molar-refractivity contribution in [3.63, 3.8) is 0 Å². The fourth-order valence-corrected chi connectivity index (χ4v) is 6.97. The number of carbonyl (C=O) groups excluding carboxylic acids is 2. The summed E-state index contributed by atoms with van der Waals surface area (Å²) in [5, 5.41) is 2.51. The molecule has 0 fully saturated rings. The molecule has 0 aliphatic carbocycles. The molecule has 0 spiro atoms. The summed E-state index contributed by atoms with van der Waals surface area (Å²) in [5.41, 5.74) is 13.7. The number of fused-ring (bicyclic) bond motifs is 9. The van der Waals surface area contributed by atoms with Gasteiger partial charge in [0.2, 0.25) is 0 Å². The second kappa shape index (κ2) is 12.7. The second-order valence-electron chi connectivity index (χ2n) is 12.0. The van der Waals surface area contributed by atoms with E-state index in [4.69, 9.17) is 29.4 Å². The quantitative estimate of drug-likeness (QED) is 0.132. The summed E-state index contributed by atoms with van der Waals surface area (Å²) in [5.74, 6) is -0.819. The minimum absolute atomic E-state index is 0. The average Bonchev–Trinajstić information content (AvgIpc) is 3.77. The maximum Gasteiger partial charge on any atom is 2.00 e. The van der Waals surface area contributed by atoms with Gasteiger partial charge in [0.05, 0.1) is 42.5 Å². The number of methoxy groups -OCH3 is 2. The fraction of sp³-hybridized carbons (Fsp3) is 0.289. The van der Waals surface area contributed by atoms with Crippen LogP contribution in [0.1, 0.15) is 91.3 Å². The molecule has 4 aromatic heterocycles. The van der Waals surface area contributed by atoms with E-state index in [1.54, 1.807) is 6.07 Å². The van der Waals surface area contributed by atoms with Gasteiger partial charge < -0.3 is 19.4 Å². The zero-order valence-corrected chi connectivity index (χ0v) is 29.0. The standard InChI is InChI=1S/C38H36N5O4.Ni/c1-8-21-18(3)27-15-28-20(5)23(11-13-34(44)46-6)31(41-28)17-32-25-14-33(38(45)47-7)39-26-12-10-24(37(43-32)35(25)26)36-22(9-2)19(4)29(42-36)16-30(21)40-27;/h10,12,14-17H,8-9,11,13H2,1-7H3,(H-,39,40,41,42,43,45);/q-1;+2/p-1. The summed E-state index contributed by atoms with van der Waals surface area (Å²) in [6.07, 6.45) is 2.28. The summed E-state index contributed by atoms with van der Waals surface area (Å²) in [4.78, 5) is 50.3. The summed E-state index contributed by atoms with van der Waals surface area (Å²) in [6.45, 7) is 10.5. The van der Waals surface area contributed by atoms with Crippen molar-refractivity contribution in [1.29, 1.82) is 0 Å². The maximum atomic E-state index is 12.7. The van der Waals surface area contributed by atoms with Gasteiger partial charge in [0.1, 0.15) is 5.69 Å². The Morgan fingerprint density at radius 2 is 1.46 bits per heavy atom. The zero-order chi connectivity index (χ0) is 33.1. The molecule has 0 amide bonds. The number of benzene rings is 1. The van der Waals surface area contributed by atoms with E-state index >= 15 is 0 Å². The molecule has 5 aromatic rings. The van der Waals surface area contributed by atoms with Crippen molar-refractivity contribution in [2.45, 2.75) is 60.3 Å². The van der Waals surface area contributed by atoms with Gasteiger partial charge in [0, 0.05) is 6.42 Å². The largest absolute Gasteiger partial charge is 2.00 e. The number of ether oxygens (including phenoxy) is 2. The van der Waals surface area contributed by atoms with E-state index in [9.17, 15) is 9.59 Å². The third-order valence-corrected chi connectivity index (χ3v) is 9.57. The van der Waals surface area contributed by atoms with Crippen molar-refractivity contribution in [3.05, 3.63) is 76.0 Å². The minimum Gasteiger partial charge on any atom is -0.657 e. The van der Waals surface area contributed by atoms with Crippen LogP contribution >= 0.6 is 0 Å². The molecule has 0 radical (unpaired) electrons. The summed E-state index contributed by atoms with van der Waals surface area (Å²) < 4.78 is 10.0. The van der Waals surface area contributed by atoms with Crippen molar-refractivity contribution >= 4 is 78.0 Å². The number of rotatable bonds is 6. The van der Waals surface area contributed by atoms with Gasteiger partial charge in [-0.3, -0.25) is 4.79 Å². The monoisotopic (exact) mass is 683 g/mol. The molecule has 246 valence electrons. The number of nitrogens with zero attached hydrogens (tertiary/aromatic N) is 5. The fourth-order valence-electron chi connectivity index (χ4n) is 6.97. The molecule has 1 aromatic carbocycles. The molecule has 2 aliphatic heterocycles. The van der Waals surface area contributed by atoms with Crippen LogP contribution in [0.15, 0.2) is 36.4 Å². The first-order valence-corrected chi connectivity index (χ1v) is 15.9. The Kier molecular flexibility index (Phi) is 8.73. The number of hydrogen-bond donors (Lipinski definition) is 0. The van der Waals surface area contributed by atoms with Crippen molar-refractivity contribution in [2.24, 2.45) is 0 Å². The Bertz CT molecular complexity index is 2380. The van der Waals surface area contributed by atoms with E-state index in [2.05, 4.69) is 38.7 Å². The molecule has 8 bridgehead atoms. The summed E-state index contributed by atoms with van der Waals surface area (Å²) in [6, 6.07) is 11.7. The first-order valence-electron chi connectivity index (χ1n) is 15.9. The smallest absolute Gasteiger partial charge is 0.657 e. The van der Waals surface area contributed by atoms with Crippen LogP contribution in [0.3, 0.4) is 0 Å². The molecule has 9 nitrogen and oxygen atoms in total. The van der Waals surface area contributed by atoms with Crippen LogP contribution < -0.4 is 9.97 Å². The second-order valence-corrected chi connectivity index (χ2v) is 12.0. The van der Waals surface area contributed by atoms with E-state index < -0.39 is 5.97 Å². The Morgan fingerprint density at radius 1 is 0.750 bits per heavy atom. The molecule has 7 rings (SSSR count). The van der Waals surface area contributed by atoms with Crippen LogP contribution in [0.4, 0.5) is 0 Å². The number of hydrogen-bond acceptors (Lipinski definition) is 7. The number of carbonyl (C=O) groups is 2. The molecule has 48 heavy (non-hydrogen) atoms.